The Bertz CT molecular complexity index is 1260. The van der Waals surface area contributed by atoms with Crippen molar-refractivity contribution >= 4 is 17.0 Å². The van der Waals surface area contributed by atoms with Crippen molar-refractivity contribution in [3.8, 4) is 16.9 Å². The van der Waals surface area contributed by atoms with E-state index in [4.69, 9.17) is 10.1 Å². The van der Waals surface area contributed by atoms with Gasteiger partial charge in [-0.15, -0.1) is 11.3 Å². The molecular weight excluding hydrogens is 412 g/mol. The van der Waals surface area contributed by atoms with Gasteiger partial charge in [-0.25, -0.2) is 4.99 Å². The number of aryl methyl sites for hydroxylation is 1. The first-order chi connectivity index (χ1) is 15.8. The average Bonchev–Trinajstić information content (AvgIpc) is 3.35. The number of thiazole rings is 1. The topological polar surface area (TPSA) is 37.5 Å². The molecule has 0 saturated heterocycles. The predicted molar refractivity (Wildman–Crippen MR) is 133 cm³/mol. The van der Waals surface area contributed by atoms with Gasteiger partial charge in [0.05, 0.1) is 11.4 Å². The van der Waals surface area contributed by atoms with E-state index in [9.17, 15) is 0 Å². The fourth-order valence-corrected chi connectivity index (χ4v) is 5.65. The van der Waals surface area contributed by atoms with E-state index in [2.05, 4.69) is 65.2 Å². The van der Waals surface area contributed by atoms with Gasteiger partial charge in [-0.05, 0) is 54.7 Å². The largest absolute Gasteiger partial charge is 0.396 e. The molecule has 1 N–H and O–H groups in total. The number of hydrogen-bond donors (Lipinski definition) is 1. The van der Waals surface area contributed by atoms with Crippen LogP contribution in [0.5, 0.6) is 0 Å². The number of para-hydroxylation sites is 2. The van der Waals surface area contributed by atoms with E-state index in [0.717, 1.165) is 41.9 Å². The average molecular weight is 441 g/mol. The molecule has 0 unspecified atom stereocenters. The van der Waals surface area contributed by atoms with Crippen LogP contribution in [0.25, 0.3) is 16.9 Å². The Hall–Kier alpha value is -2.95. The standard InChI is InChI=1S/C28H28N2OS/c31-18-10-2-1-5-11-21-16-17-25-22(19-21)20-26-27(25)30(24-14-8-4-9-15-24)28(32-26)29-23-12-6-3-7-13-23/h3-4,6-9,12-17,19,31H,1-2,5,10-11,18,20H2. The van der Waals surface area contributed by atoms with Gasteiger partial charge >= 0.3 is 0 Å². The number of unbranched alkanes of at least 4 members (excludes halogenated alkanes) is 3. The second-order valence-electron chi connectivity index (χ2n) is 8.33. The first-order valence-corrected chi connectivity index (χ1v) is 12.3. The molecule has 1 heterocycles. The zero-order valence-corrected chi connectivity index (χ0v) is 19.0. The van der Waals surface area contributed by atoms with Crippen LogP contribution in [-0.2, 0) is 12.8 Å². The maximum Gasteiger partial charge on any atom is 0.195 e. The van der Waals surface area contributed by atoms with E-state index in [0.29, 0.717) is 6.61 Å². The van der Waals surface area contributed by atoms with E-state index >= 15 is 0 Å². The molecule has 3 nitrogen and oxygen atoms in total. The fraction of sp³-hybridized carbons (Fsp3) is 0.250. The Morgan fingerprint density at radius 1 is 0.844 bits per heavy atom. The second-order valence-corrected chi connectivity index (χ2v) is 9.39. The minimum Gasteiger partial charge on any atom is -0.396 e. The van der Waals surface area contributed by atoms with Crippen LogP contribution < -0.4 is 4.80 Å². The molecule has 162 valence electrons. The summed E-state index contributed by atoms with van der Waals surface area (Å²) in [5.74, 6) is 0. The molecule has 0 saturated carbocycles. The summed E-state index contributed by atoms with van der Waals surface area (Å²) >= 11 is 1.80. The molecule has 1 aromatic heterocycles. The maximum absolute atomic E-state index is 8.95. The van der Waals surface area contributed by atoms with Crippen LogP contribution >= 0.6 is 11.3 Å². The summed E-state index contributed by atoms with van der Waals surface area (Å²) < 4.78 is 2.33. The number of aromatic nitrogens is 1. The van der Waals surface area contributed by atoms with Crippen molar-refractivity contribution in [2.75, 3.05) is 6.61 Å². The highest BCUT2D eigenvalue weighted by atomic mass is 32.1. The van der Waals surface area contributed by atoms with Gasteiger partial charge in [0.25, 0.3) is 0 Å². The van der Waals surface area contributed by atoms with Crippen molar-refractivity contribution in [2.24, 2.45) is 4.99 Å². The van der Waals surface area contributed by atoms with Gasteiger partial charge in [0.2, 0.25) is 0 Å². The molecule has 0 fully saturated rings. The number of benzene rings is 3. The van der Waals surface area contributed by atoms with Gasteiger partial charge in [-0.3, -0.25) is 4.57 Å². The molecule has 0 radical (unpaired) electrons. The molecule has 0 amide bonds. The first-order valence-electron chi connectivity index (χ1n) is 11.5. The zero-order valence-electron chi connectivity index (χ0n) is 18.2. The van der Waals surface area contributed by atoms with Crippen LogP contribution in [0.2, 0.25) is 0 Å². The fourth-order valence-electron chi connectivity index (χ4n) is 4.46. The lowest BCUT2D eigenvalue weighted by Gasteiger charge is -2.10. The van der Waals surface area contributed by atoms with Gasteiger partial charge in [-0.2, -0.15) is 0 Å². The number of fused-ring (bicyclic) bond motifs is 3. The lowest BCUT2D eigenvalue weighted by molar-refractivity contribution is 0.282. The normalized spacial score (nSPS) is 12.7. The number of hydrogen-bond acceptors (Lipinski definition) is 3. The van der Waals surface area contributed by atoms with E-state index in [1.807, 2.05) is 18.2 Å². The summed E-state index contributed by atoms with van der Waals surface area (Å²) in [6, 6.07) is 27.8. The third-order valence-electron chi connectivity index (χ3n) is 6.04. The molecule has 32 heavy (non-hydrogen) atoms. The molecule has 1 aliphatic carbocycles. The number of rotatable bonds is 8. The number of aliphatic hydroxyl groups excluding tert-OH is 1. The summed E-state index contributed by atoms with van der Waals surface area (Å²) in [5, 5.41) is 8.95. The molecule has 4 heteroatoms. The molecule has 1 aliphatic rings. The summed E-state index contributed by atoms with van der Waals surface area (Å²) in [4.78, 5) is 7.41. The van der Waals surface area contributed by atoms with Gasteiger partial charge in [0, 0.05) is 29.2 Å². The molecule has 0 aliphatic heterocycles. The van der Waals surface area contributed by atoms with Crippen LogP contribution in [0.15, 0.2) is 83.9 Å². The van der Waals surface area contributed by atoms with E-state index < -0.39 is 0 Å². The molecule has 0 spiro atoms. The highest BCUT2D eigenvalue weighted by Gasteiger charge is 2.26. The van der Waals surface area contributed by atoms with Crippen molar-refractivity contribution < 1.29 is 5.11 Å². The maximum atomic E-state index is 8.95. The number of nitrogens with zero attached hydrogens (tertiary/aromatic N) is 2. The van der Waals surface area contributed by atoms with Crippen molar-refractivity contribution in [3.05, 3.63) is 99.7 Å². The molecule has 4 aromatic rings. The highest BCUT2D eigenvalue weighted by molar-refractivity contribution is 7.09. The lowest BCUT2D eigenvalue weighted by atomic mass is 10.0. The summed E-state index contributed by atoms with van der Waals surface area (Å²) in [6.07, 6.45) is 6.49. The van der Waals surface area contributed by atoms with Crippen LogP contribution in [0.1, 0.15) is 41.7 Å². The van der Waals surface area contributed by atoms with Crippen molar-refractivity contribution in [1.82, 2.24) is 4.57 Å². The third kappa shape index (κ3) is 4.34. The van der Waals surface area contributed by atoms with Gasteiger partial charge in [0.15, 0.2) is 4.80 Å². The lowest BCUT2D eigenvalue weighted by Crippen LogP contribution is -2.13. The smallest absolute Gasteiger partial charge is 0.195 e. The minimum atomic E-state index is 0.307. The predicted octanol–water partition coefficient (Wildman–Crippen LogP) is 6.44. The first kappa shape index (κ1) is 20.9. The van der Waals surface area contributed by atoms with Crippen LogP contribution in [0.4, 0.5) is 5.69 Å². The Morgan fingerprint density at radius 2 is 1.59 bits per heavy atom. The van der Waals surface area contributed by atoms with Crippen LogP contribution in [0.3, 0.4) is 0 Å². The minimum absolute atomic E-state index is 0.307. The second kappa shape index (κ2) is 9.68. The summed E-state index contributed by atoms with van der Waals surface area (Å²) in [7, 11) is 0. The van der Waals surface area contributed by atoms with Crippen LogP contribution in [-0.4, -0.2) is 16.3 Å². The van der Waals surface area contributed by atoms with E-state index in [1.54, 1.807) is 11.3 Å². The molecule has 3 aromatic carbocycles. The molecular formula is C28H28N2OS. The van der Waals surface area contributed by atoms with Gasteiger partial charge in [-0.1, -0.05) is 67.4 Å². The zero-order chi connectivity index (χ0) is 21.8. The quantitative estimate of drug-likeness (QED) is 0.277. The van der Waals surface area contributed by atoms with E-state index in [1.165, 1.54) is 40.1 Å². The Balaban J connectivity index is 1.51. The Morgan fingerprint density at radius 3 is 2.38 bits per heavy atom. The molecule has 0 atom stereocenters. The summed E-state index contributed by atoms with van der Waals surface area (Å²) in [6.45, 7) is 0.307. The van der Waals surface area contributed by atoms with Gasteiger partial charge in [0.1, 0.15) is 0 Å². The van der Waals surface area contributed by atoms with Crippen molar-refractivity contribution in [3.63, 3.8) is 0 Å². The van der Waals surface area contributed by atoms with Crippen LogP contribution in [0, 0.1) is 0 Å². The molecule has 0 bridgehead atoms. The van der Waals surface area contributed by atoms with E-state index in [-0.39, 0.29) is 0 Å². The summed E-state index contributed by atoms with van der Waals surface area (Å²) in [5.41, 5.74) is 7.60. The monoisotopic (exact) mass is 440 g/mol. The van der Waals surface area contributed by atoms with Crippen molar-refractivity contribution in [2.45, 2.75) is 38.5 Å². The van der Waals surface area contributed by atoms with Gasteiger partial charge < -0.3 is 5.11 Å². The SMILES string of the molecule is OCCCCCCc1ccc2c(c1)Cc1sc(=Nc3ccccc3)n(-c3ccccc3)c1-2. The van der Waals surface area contributed by atoms with Crippen molar-refractivity contribution in [1.29, 1.82) is 0 Å². The Kier molecular flexibility index (Phi) is 6.33. The third-order valence-corrected chi connectivity index (χ3v) is 7.08. The Labute approximate surface area is 193 Å². The highest BCUT2D eigenvalue weighted by Crippen LogP contribution is 2.40. The number of aliphatic hydroxyl groups is 1. The molecule has 5 rings (SSSR count).